The van der Waals surface area contributed by atoms with Gasteiger partial charge in [0, 0.05) is 35.8 Å². The van der Waals surface area contributed by atoms with Gasteiger partial charge in [-0.2, -0.15) is 0 Å². The van der Waals surface area contributed by atoms with E-state index in [0.717, 1.165) is 17.0 Å². The van der Waals surface area contributed by atoms with Crippen molar-refractivity contribution >= 4 is 11.3 Å². The Hall–Kier alpha value is -1.37. The van der Waals surface area contributed by atoms with E-state index in [-0.39, 0.29) is 12.1 Å². The van der Waals surface area contributed by atoms with E-state index in [2.05, 4.69) is 10.3 Å². The number of hydrogen-bond acceptors (Lipinski definition) is 4. The van der Waals surface area contributed by atoms with Gasteiger partial charge in [-0.3, -0.25) is 4.98 Å². The fraction of sp³-hybridized carbons (Fsp3) is 0.308. The summed E-state index contributed by atoms with van der Waals surface area (Å²) in [6.45, 7) is 2.19. The SMILES string of the molecule is CC(O)(CNCc1cncs1)c1ccc(F)cc1F. The number of nitrogens with one attached hydrogen (secondary N) is 1. The molecule has 0 saturated carbocycles. The van der Waals surface area contributed by atoms with Crippen LogP contribution in [0.3, 0.4) is 0 Å². The van der Waals surface area contributed by atoms with Gasteiger partial charge in [-0.05, 0) is 13.0 Å². The summed E-state index contributed by atoms with van der Waals surface area (Å²) in [6.07, 6.45) is 1.73. The van der Waals surface area contributed by atoms with E-state index in [0.29, 0.717) is 6.54 Å². The Bertz CT molecular complexity index is 544. The summed E-state index contributed by atoms with van der Waals surface area (Å²) in [6, 6.07) is 3.17. The molecular weight excluding hydrogens is 270 g/mol. The van der Waals surface area contributed by atoms with Gasteiger partial charge in [0.15, 0.2) is 0 Å². The van der Waals surface area contributed by atoms with Crippen LogP contribution in [0.1, 0.15) is 17.4 Å². The third-order valence-electron chi connectivity index (χ3n) is 2.76. The van der Waals surface area contributed by atoms with Crippen molar-refractivity contribution in [2.24, 2.45) is 0 Å². The van der Waals surface area contributed by atoms with Gasteiger partial charge in [0.2, 0.25) is 0 Å². The first-order valence-electron chi connectivity index (χ1n) is 5.75. The number of aromatic nitrogens is 1. The molecular formula is C13H14F2N2OS. The number of nitrogens with zero attached hydrogens (tertiary/aromatic N) is 1. The van der Waals surface area contributed by atoms with Gasteiger partial charge < -0.3 is 10.4 Å². The largest absolute Gasteiger partial charge is 0.384 e. The number of benzene rings is 1. The third kappa shape index (κ3) is 3.56. The Morgan fingerprint density at radius 2 is 2.21 bits per heavy atom. The number of halogens is 2. The Balaban J connectivity index is 2.01. The molecule has 102 valence electrons. The zero-order chi connectivity index (χ0) is 13.9. The molecule has 0 aliphatic rings. The van der Waals surface area contributed by atoms with E-state index in [9.17, 15) is 13.9 Å². The van der Waals surface area contributed by atoms with Crippen LogP contribution >= 0.6 is 11.3 Å². The zero-order valence-electron chi connectivity index (χ0n) is 10.4. The van der Waals surface area contributed by atoms with Gasteiger partial charge in [-0.25, -0.2) is 8.78 Å². The monoisotopic (exact) mass is 284 g/mol. The van der Waals surface area contributed by atoms with Gasteiger partial charge in [-0.15, -0.1) is 11.3 Å². The van der Waals surface area contributed by atoms with Crippen molar-refractivity contribution in [3.05, 3.63) is 52.0 Å². The first kappa shape index (κ1) is 14.0. The average molecular weight is 284 g/mol. The maximum Gasteiger partial charge on any atom is 0.132 e. The van der Waals surface area contributed by atoms with E-state index in [1.54, 1.807) is 11.7 Å². The molecule has 1 aromatic carbocycles. The number of hydrogen-bond donors (Lipinski definition) is 2. The lowest BCUT2D eigenvalue weighted by molar-refractivity contribution is 0.0529. The summed E-state index contributed by atoms with van der Waals surface area (Å²) in [4.78, 5) is 4.96. The summed E-state index contributed by atoms with van der Waals surface area (Å²) < 4.78 is 26.4. The molecule has 0 aliphatic heterocycles. The van der Waals surface area contributed by atoms with Crippen LogP contribution in [-0.4, -0.2) is 16.6 Å². The third-order valence-corrected chi connectivity index (χ3v) is 3.54. The molecule has 0 bridgehead atoms. The second kappa shape index (κ2) is 5.73. The van der Waals surface area contributed by atoms with Crippen LogP contribution in [-0.2, 0) is 12.1 Å². The summed E-state index contributed by atoms with van der Waals surface area (Å²) in [7, 11) is 0. The highest BCUT2D eigenvalue weighted by Crippen LogP contribution is 2.23. The lowest BCUT2D eigenvalue weighted by atomic mass is 9.95. The smallest absolute Gasteiger partial charge is 0.132 e. The molecule has 1 heterocycles. The zero-order valence-corrected chi connectivity index (χ0v) is 11.2. The van der Waals surface area contributed by atoms with Gasteiger partial charge in [0.05, 0.1) is 5.51 Å². The quantitative estimate of drug-likeness (QED) is 0.886. The molecule has 0 fully saturated rings. The molecule has 3 nitrogen and oxygen atoms in total. The van der Waals surface area contributed by atoms with Crippen LogP contribution in [0.5, 0.6) is 0 Å². The van der Waals surface area contributed by atoms with E-state index < -0.39 is 17.2 Å². The summed E-state index contributed by atoms with van der Waals surface area (Å²) in [5, 5.41) is 13.3. The highest BCUT2D eigenvalue weighted by Gasteiger charge is 2.26. The van der Waals surface area contributed by atoms with Crippen molar-refractivity contribution in [3.63, 3.8) is 0 Å². The second-order valence-corrected chi connectivity index (χ2v) is 5.44. The van der Waals surface area contributed by atoms with Crippen LogP contribution < -0.4 is 5.32 Å². The van der Waals surface area contributed by atoms with Gasteiger partial charge in [0.25, 0.3) is 0 Å². The lowest BCUT2D eigenvalue weighted by Crippen LogP contribution is -2.35. The van der Waals surface area contributed by atoms with Crippen LogP contribution in [0.4, 0.5) is 8.78 Å². The summed E-state index contributed by atoms with van der Waals surface area (Å²) >= 11 is 1.50. The predicted molar refractivity (Wildman–Crippen MR) is 69.7 cm³/mol. The van der Waals surface area contributed by atoms with E-state index >= 15 is 0 Å². The fourth-order valence-electron chi connectivity index (χ4n) is 1.78. The minimum atomic E-state index is -1.40. The highest BCUT2D eigenvalue weighted by atomic mass is 32.1. The van der Waals surface area contributed by atoms with Crippen molar-refractivity contribution in [2.75, 3.05) is 6.54 Å². The molecule has 1 atom stereocenters. The van der Waals surface area contributed by atoms with E-state index in [1.165, 1.54) is 24.3 Å². The van der Waals surface area contributed by atoms with Crippen LogP contribution in [0.25, 0.3) is 0 Å². The number of aliphatic hydroxyl groups is 1. The molecule has 1 unspecified atom stereocenters. The standard InChI is InChI=1S/C13H14F2N2OS/c1-13(18,7-16-5-10-6-17-8-19-10)11-3-2-9(14)4-12(11)15/h2-4,6,8,16,18H,5,7H2,1H3. The van der Waals surface area contributed by atoms with Crippen molar-refractivity contribution in [1.82, 2.24) is 10.3 Å². The van der Waals surface area contributed by atoms with Crippen molar-refractivity contribution < 1.29 is 13.9 Å². The Labute approximate surface area is 113 Å². The first-order valence-corrected chi connectivity index (χ1v) is 6.63. The summed E-state index contributed by atoms with van der Waals surface area (Å²) in [5.74, 6) is -1.40. The first-order chi connectivity index (χ1) is 8.99. The molecule has 1 aromatic heterocycles. The Morgan fingerprint density at radius 3 is 2.84 bits per heavy atom. The van der Waals surface area contributed by atoms with Gasteiger partial charge in [0.1, 0.15) is 17.2 Å². The average Bonchev–Trinajstić information content (AvgIpc) is 2.81. The van der Waals surface area contributed by atoms with Gasteiger partial charge >= 0.3 is 0 Å². The van der Waals surface area contributed by atoms with Crippen LogP contribution in [0.15, 0.2) is 29.9 Å². The maximum absolute atomic E-state index is 13.6. The van der Waals surface area contributed by atoms with Crippen molar-refractivity contribution in [2.45, 2.75) is 19.1 Å². The van der Waals surface area contributed by atoms with Gasteiger partial charge in [-0.1, -0.05) is 6.07 Å². The molecule has 0 aliphatic carbocycles. The minimum Gasteiger partial charge on any atom is -0.384 e. The minimum absolute atomic E-state index is 0.0747. The summed E-state index contributed by atoms with van der Waals surface area (Å²) in [5.41, 5.74) is 0.391. The Kier molecular flexibility index (Phi) is 4.24. The highest BCUT2D eigenvalue weighted by molar-refractivity contribution is 7.09. The molecule has 0 saturated heterocycles. The van der Waals surface area contributed by atoms with Crippen LogP contribution in [0.2, 0.25) is 0 Å². The van der Waals surface area contributed by atoms with E-state index in [1.807, 2.05) is 0 Å². The van der Waals surface area contributed by atoms with Crippen molar-refractivity contribution in [1.29, 1.82) is 0 Å². The topological polar surface area (TPSA) is 45.1 Å². The van der Waals surface area contributed by atoms with Crippen molar-refractivity contribution in [3.8, 4) is 0 Å². The molecule has 2 rings (SSSR count). The number of thiazole rings is 1. The fourth-order valence-corrected chi connectivity index (χ4v) is 2.34. The normalized spacial score (nSPS) is 14.3. The molecule has 0 amide bonds. The van der Waals surface area contributed by atoms with Crippen LogP contribution in [0, 0.1) is 11.6 Å². The molecule has 0 spiro atoms. The predicted octanol–water partition coefficient (Wildman–Crippen LogP) is 2.42. The Morgan fingerprint density at radius 1 is 1.42 bits per heavy atom. The second-order valence-electron chi connectivity index (χ2n) is 4.47. The molecule has 0 radical (unpaired) electrons. The molecule has 2 aromatic rings. The lowest BCUT2D eigenvalue weighted by Gasteiger charge is -2.24. The van der Waals surface area contributed by atoms with E-state index in [4.69, 9.17) is 0 Å². The maximum atomic E-state index is 13.6. The molecule has 6 heteroatoms. The number of rotatable bonds is 5. The molecule has 19 heavy (non-hydrogen) atoms. The molecule has 2 N–H and O–H groups in total.